The Morgan fingerprint density at radius 3 is 1.44 bits per heavy atom. The lowest BCUT2D eigenvalue weighted by atomic mass is 9.86. The van der Waals surface area contributed by atoms with Crippen LogP contribution < -0.4 is 0 Å². The Morgan fingerprint density at radius 1 is 0.622 bits per heavy atom. The molecule has 4 atom stereocenters. The van der Waals surface area contributed by atoms with E-state index < -0.39 is 53.9 Å². The summed E-state index contributed by atoms with van der Waals surface area (Å²) in [6.07, 6.45) is -3.47. The molecule has 1 saturated heterocycles. The normalized spacial score (nSPS) is 22.2. The van der Waals surface area contributed by atoms with Crippen molar-refractivity contribution in [1.82, 2.24) is 0 Å². The molecule has 0 unspecified atom stereocenters. The van der Waals surface area contributed by atoms with E-state index in [-0.39, 0.29) is 28.5 Å². The van der Waals surface area contributed by atoms with Crippen molar-refractivity contribution in [2.75, 3.05) is 13.7 Å². The van der Waals surface area contributed by atoms with Gasteiger partial charge in [0.15, 0.2) is 12.4 Å². The lowest BCUT2D eigenvalue weighted by molar-refractivity contribution is -0.237. The fraction of sp³-hybridized carbons (Fsp3) is 0.171. The first-order valence-corrected chi connectivity index (χ1v) is 13.9. The highest BCUT2D eigenvalue weighted by molar-refractivity contribution is 6.05. The Labute approximate surface area is 258 Å². The maximum atomic E-state index is 14.4. The van der Waals surface area contributed by atoms with E-state index in [0.717, 1.165) is 7.11 Å². The summed E-state index contributed by atoms with van der Waals surface area (Å²) in [6.45, 7) is -0.848. The van der Waals surface area contributed by atoms with Crippen LogP contribution in [0.15, 0.2) is 121 Å². The Balaban J connectivity index is 1.65. The molecule has 0 aliphatic carbocycles. The Morgan fingerprint density at radius 2 is 1.02 bits per heavy atom. The monoisotopic (exact) mass is 608 g/mol. The number of ketones is 1. The van der Waals surface area contributed by atoms with Crippen molar-refractivity contribution in [1.29, 1.82) is 0 Å². The number of hydrogen-bond acceptors (Lipinski definition) is 10. The van der Waals surface area contributed by atoms with Crippen LogP contribution in [0.2, 0.25) is 0 Å². The SMILES string of the molecule is CO[C@]1(C=O)O[C@@](COC(=O)c2ccccc2)(C(=O)c2ccccc2)[C@@H](OC(=O)c2ccccc2)[C@H]1OC(=O)c1ccccc1. The molecule has 0 amide bonds. The van der Waals surface area contributed by atoms with Crippen molar-refractivity contribution in [2.24, 2.45) is 0 Å². The predicted octanol–water partition coefficient (Wildman–Crippen LogP) is 4.49. The Bertz CT molecular complexity index is 1660. The summed E-state index contributed by atoms with van der Waals surface area (Å²) >= 11 is 0. The van der Waals surface area contributed by atoms with Gasteiger partial charge in [-0.1, -0.05) is 84.9 Å². The molecule has 1 aliphatic rings. The van der Waals surface area contributed by atoms with E-state index in [2.05, 4.69) is 0 Å². The van der Waals surface area contributed by atoms with Crippen LogP contribution in [0.4, 0.5) is 0 Å². The molecule has 0 N–H and O–H groups in total. The number of carbonyl (C=O) groups excluding carboxylic acids is 5. The zero-order valence-electron chi connectivity index (χ0n) is 24.1. The van der Waals surface area contributed by atoms with Gasteiger partial charge in [0.25, 0.3) is 5.79 Å². The summed E-state index contributed by atoms with van der Waals surface area (Å²) in [5.74, 6) is -5.96. The summed E-state index contributed by atoms with van der Waals surface area (Å²) in [6, 6.07) is 31.5. The molecule has 1 aliphatic heterocycles. The van der Waals surface area contributed by atoms with Crippen molar-refractivity contribution >= 4 is 30.0 Å². The molecule has 4 aromatic carbocycles. The molecule has 10 nitrogen and oxygen atoms in total. The summed E-state index contributed by atoms with van der Waals surface area (Å²) in [7, 11) is 1.10. The number of benzene rings is 4. The third-order valence-corrected chi connectivity index (χ3v) is 7.29. The molecule has 0 saturated carbocycles. The molecule has 228 valence electrons. The van der Waals surface area contributed by atoms with Crippen LogP contribution >= 0.6 is 0 Å². The largest absolute Gasteiger partial charge is 0.458 e. The average Bonchev–Trinajstić information content (AvgIpc) is 3.37. The number of rotatable bonds is 11. The van der Waals surface area contributed by atoms with Gasteiger partial charge < -0.3 is 23.7 Å². The number of methoxy groups -OCH3 is 1. The van der Waals surface area contributed by atoms with Crippen molar-refractivity contribution in [2.45, 2.75) is 23.6 Å². The van der Waals surface area contributed by atoms with E-state index in [1.54, 1.807) is 72.8 Å². The van der Waals surface area contributed by atoms with Crippen molar-refractivity contribution in [3.63, 3.8) is 0 Å². The molecule has 4 aromatic rings. The molecule has 45 heavy (non-hydrogen) atoms. The number of ether oxygens (including phenoxy) is 5. The molecule has 10 heteroatoms. The fourth-order valence-corrected chi connectivity index (χ4v) is 4.99. The second-order valence-corrected chi connectivity index (χ2v) is 10.1. The third kappa shape index (κ3) is 6.28. The van der Waals surface area contributed by atoms with Gasteiger partial charge in [-0.2, -0.15) is 0 Å². The zero-order chi connectivity index (χ0) is 31.9. The first-order chi connectivity index (χ1) is 21.8. The fourth-order valence-electron chi connectivity index (χ4n) is 4.99. The van der Waals surface area contributed by atoms with Crippen LogP contribution in [0, 0.1) is 0 Å². The van der Waals surface area contributed by atoms with Gasteiger partial charge in [-0.3, -0.25) is 9.59 Å². The van der Waals surface area contributed by atoms with Gasteiger partial charge in [0.2, 0.25) is 17.5 Å². The molecule has 1 fully saturated rings. The average molecular weight is 609 g/mol. The van der Waals surface area contributed by atoms with Crippen LogP contribution in [0.5, 0.6) is 0 Å². The maximum Gasteiger partial charge on any atom is 0.338 e. The number of aldehydes is 1. The van der Waals surface area contributed by atoms with Crippen molar-refractivity contribution in [3.05, 3.63) is 144 Å². The smallest absolute Gasteiger partial charge is 0.338 e. The Hall–Kier alpha value is -5.45. The van der Waals surface area contributed by atoms with Crippen LogP contribution in [-0.2, 0) is 28.5 Å². The van der Waals surface area contributed by atoms with Gasteiger partial charge in [0, 0.05) is 12.7 Å². The third-order valence-electron chi connectivity index (χ3n) is 7.29. The van der Waals surface area contributed by atoms with Crippen molar-refractivity contribution < 1.29 is 47.7 Å². The van der Waals surface area contributed by atoms with E-state index in [1.165, 1.54) is 48.5 Å². The van der Waals surface area contributed by atoms with Gasteiger partial charge in [-0.15, -0.1) is 0 Å². The summed E-state index contributed by atoms with van der Waals surface area (Å²) in [5, 5.41) is 0. The Kier molecular flexibility index (Phi) is 9.27. The standard InChI is InChI=1S/C35H28O10/c1-41-35(22-36)30(44-33(40)27-20-12-5-13-21-27)29(43-32(39)26-18-10-4-11-19-26)34(45-35,28(37)24-14-6-2-7-15-24)23-42-31(38)25-16-8-3-9-17-25/h2-22,29-30H,23H2,1H3/t29-,30+,34-,35+/m0/s1. The molecular formula is C35H28O10. The number of Topliss-reactive ketones (excluding diaryl/α,β-unsaturated/α-hetero) is 1. The van der Waals surface area contributed by atoms with Crippen LogP contribution in [0.3, 0.4) is 0 Å². The summed E-state index contributed by atoms with van der Waals surface area (Å²) in [5.41, 5.74) is -2.00. The second kappa shape index (κ2) is 13.5. The molecule has 0 radical (unpaired) electrons. The summed E-state index contributed by atoms with van der Waals surface area (Å²) in [4.78, 5) is 67.3. The minimum Gasteiger partial charge on any atom is -0.458 e. The van der Waals surface area contributed by atoms with E-state index in [1.807, 2.05) is 0 Å². The topological polar surface area (TPSA) is 132 Å². The molecule has 1 heterocycles. The van der Waals surface area contributed by atoms with E-state index in [9.17, 15) is 24.0 Å². The van der Waals surface area contributed by atoms with E-state index in [4.69, 9.17) is 23.7 Å². The van der Waals surface area contributed by atoms with E-state index in [0.29, 0.717) is 0 Å². The van der Waals surface area contributed by atoms with Crippen LogP contribution in [0.25, 0.3) is 0 Å². The highest BCUT2D eigenvalue weighted by Crippen LogP contribution is 2.44. The second-order valence-electron chi connectivity index (χ2n) is 10.1. The van der Waals surface area contributed by atoms with Crippen LogP contribution in [0.1, 0.15) is 41.4 Å². The lowest BCUT2D eigenvalue weighted by Crippen LogP contribution is -2.56. The lowest BCUT2D eigenvalue weighted by Gasteiger charge is -2.32. The van der Waals surface area contributed by atoms with E-state index >= 15 is 0 Å². The minimum atomic E-state index is -2.46. The summed E-state index contributed by atoms with van der Waals surface area (Å²) < 4.78 is 29.0. The number of hydrogen-bond donors (Lipinski definition) is 0. The van der Waals surface area contributed by atoms with Gasteiger partial charge in [0.05, 0.1) is 16.7 Å². The van der Waals surface area contributed by atoms with Gasteiger partial charge in [-0.05, 0) is 36.4 Å². The molecule has 0 bridgehead atoms. The minimum absolute atomic E-state index is 0.0694. The quantitative estimate of drug-likeness (QED) is 0.104. The first-order valence-electron chi connectivity index (χ1n) is 13.9. The maximum absolute atomic E-state index is 14.4. The molecule has 5 rings (SSSR count). The predicted molar refractivity (Wildman–Crippen MR) is 158 cm³/mol. The number of carbonyl (C=O) groups is 5. The van der Waals surface area contributed by atoms with Gasteiger partial charge in [0.1, 0.15) is 6.61 Å². The van der Waals surface area contributed by atoms with Gasteiger partial charge >= 0.3 is 17.9 Å². The van der Waals surface area contributed by atoms with Crippen LogP contribution in [-0.4, -0.2) is 67.3 Å². The molecule has 0 aromatic heterocycles. The van der Waals surface area contributed by atoms with Gasteiger partial charge in [-0.25, -0.2) is 14.4 Å². The number of esters is 3. The zero-order valence-corrected chi connectivity index (χ0v) is 24.1. The molecular weight excluding hydrogens is 580 g/mol. The first kappa shape index (κ1) is 31.0. The highest BCUT2D eigenvalue weighted by Gasteiger charge is 2.71. The molecule has 0 spiro atoms. The highest BCUT2D eigenvalue weighted by atomic mass is 16.8. The van der Waals surface area contributed by atoms with Crippen molar-refractivity contribution in [3.8, 4) is 0 Å².